The molecule has 1 aromatic heterocycles. The van der Waals surface area contributed by atoms with E-state index in [9.17, 15) is 13.2 Å². The van der Waals surface area contributed by atoms with Gasteiger partial charge in [0.25, 0.3) is 5.91 Å². The van der Waals surface area contributed by atoms with Gasteiger partial charge in [0.15, 0.2) is 9.84 Å². The van der Waals surface area contributed by atoms with Gasteiger partial charge in [-0.2, -0.15) is 5.26 Å². The maximum atomic E-state index is 13.4. The third kappa shape index (κ3) is 4.27. The normalized spacial score (nSPS) is 23.5. The van der Waals surface area contributed by atoms with Gasteiger partial charge in [0.05, 0.1) is 37.7 Å². The van der Waals surface area contributed by atoms with Crippen LogP contribution < -0.4 is 10.6 Å². The van der Waals surface area contributed by atoms with E-state index < -0.39 is 20.1 Å². The summed E-state index contributed by atoms with van der Waals surface area (Å²) in [5.41, 5.74) is 0.318. The Bertz CT molecular complexity index is 1240. The summed E-state index contributed by atoms with van der Waals surface area (Å²) in [4.78, 5) is 13.6. The minimum Gasteiger partial charge on any atom is -0.362 e. The number of sulfone groups is 1. The van der Waals surface area contributed by atoms with Gasteiger partial charge in [0, 0.05) is 6.54 Å². The predicted octanol–water partition coefficient (Wildman–Crippen LogP) is 4.12. The molecule has 2 fully saturated rings. The average Bonchev–Trinajstić information content (AvgIpc) is 3.19. The third-order valence-electron chi connectivity index (χ3n) is 6.54. The quantitative estimate of drug-likeness (QED) is 0.578. The van der Waals surface area contributed by atoms with Gasteiger partial charge in [-0.3, -0.25) is 10.2 Å². The summed E-state index contributed by atoms with van der Waals surface area (Å²) < 4.78 is 25.7. The molecule has 0 unspecified atom stereocenters. The highest BCUT2D eigenvalue weighted by Crippen LogP contribution is 2.45. The molecule has 1 aliphatic heterocycles. The van der Waals surface area contributed by atoms with Crippen molar-refractivity contribution >= 4 is 44.5 Å². The smallest absolute Gasteiger partial charge is 0.261 e. The van der Waals surface area contributed by atoms with Crippen molar-refractivity contribution in [2.45, 2.75) is 55.9 Å². The highest BCUT2D eigenvalue weighted by Gasteiger charge is 2.56. The monoisotopic (exact) mass is 504 g/mol. The van der Waals surface area contributed by atoms with Crippen molar-refractivity contribution < 1.29 is 13.2 Å². The molecule has 2 heterocycles. The number of benzene rings is 1. The number of thiophene rings is 1. The summed E-state index contributed by atoms with van der Waals surface area (Å²) in [6.45, 7) is 2.01. The SMILES string of the molecule is C[C@@]1(c2sc(C(=O)NCc3ccc(C#N)cc3)cc2Cl)CS(=O)(=O)C2(CCCCC2)C(=N)N1. The summed E-state index contributed by atoms with van der Waals surface area (Å²) in [5.74, 6) is -0.458. The number of amidine groups is 1. The highest BCUT2D eigenvalue weighted by atomic mass is 35.5. The van der Waals surface area contributed by atoms with Crippen molar-refractivity contribution in [2.75, 3.05) is 5.75 Å². The molecule has 1 amide bonds. The van der Waals surface area contributed by atoms with Gasteiger partial charge >= 0.3 is 0 Å². The van der Waals surface area contributed by atoms with Crippen LogP contribution in [0.5, 0.6) is 0 Å². The van der Waals surface area contributed by atoms with Gasteiger partial charge < -0.3 is 10.6 Å². The van der Waals surface area contributed by atoms with Crippen LogP contribution in [0, 0.1) is 16.7 Å². The fraction of sp³-hybridized carbons (Fsp3) is 0.435. The van der Waals surface area contributed by atoms with E-state index in [0.717, 1.165) is 36.2 Å². The lowest BCUT2D eigenvalue weighted by molar-refractivity contribution is 0.0955. The van der Waals surface area contributed by atoms with Crippen molar-refractivity contribution in [2.24, 2.45) is 0 Å². The molecule has 0 bridgehead atoms. The van der Waals surface area contributed by atoms with Crippen molar-refractivity contribution in [3.8, 4) is 6.07 Å². The van der Waals surface area contributed by atoms with Crippen LogP contribution in [0.3, 0.4) is 0 Å². The van der Waals surface area contributed by atoms with E-state index in [4.69, 9.17) is 22.3 Å². The molecular formula is C23H25ClN4O3S2. The molecule has 2 aliphatic rings. The maximum Gasteiger partial charge on any atom is 0.261 e. The zero-order valence-corrected chi connectivity index (χ0v) is 20.6. The molecule has 7 nitrogen and oxygen atoms in total. The Morgan fingerprint density at radius 2 is 1.94 bits per heavy atom. The van der Waals surface area contributed by atoms with E-state index in [0.29, 0.717) is 33.2 Å². The number of hydrogen-bond acceptors (Lipinski definition) is 6. The molecule has 1 aliphatic carbocycles. The van der Waals surface area contributed by atoms with Gasteiger partial charge in [0.2, 0.25) is 0 Å². The van der Waals surface area contributed by atoms with Crippen molar-refractivity contribution in [1.82, 2.24) is 10.6 Å². The number of nitrogens with one attached hydrogen (secondary N) is 3. The lowest BCUT2D eigenvalue weighted by Crippen LogP contribution is -2.66. The summed E-state index contributed by atoms with van der Waals surface area (Å²) in [6.07, 6.45) is 3.52. The lowest BCUT2D eigenvalue weighted by Gasteiger charge is -2.47. The number of rotatable bonds is 4. The van der Waals surface area contributed by atoms with E-state index in [1.54, 1.807) is 37.3 Å². The number of nitriles is 1. The number of carbonyl (C=O) groups excluding carboxylic acids is 1. The average molecular weight is 505 g/mol. The summed E-state index contributed by atoms with van der Waals surface area (Å²) in [6, 6.07) is 10.5. The molecule has 1 saturated carbocycles. The first-order valence-corrected chi connectivity index (χ1v) is 13.6. The van der Waals surface area contributed by atoms with Crippen LogP contribution in [0.15, 0.2) is 30.3 Å². The molecule has 10 heteroatoms. The van der Waals surface area contributed by atoms with Gasteiger partial charge in [-0.05, 0) is 43.5 Å². The van der Waals surface area contributed by atoms with Crippen molar-refractivity contribution in [3.05, 3.63) is 56.2 Å². The molecule has 2 aromatic rings. The van der Waals surface area contributed by atoms with E-state index in [2.05, 4.69) is 16.7 Å². The second-order valence-corrected chi connectivity index (χ2v) is 12.7. The lowest BCUT2D eigenvalue weighted by atomic mass is 9.86. The van der Waals surface area contributed by atoms with Gasteiger partial charge in [0.1, 0.15) is 10.6 Å². The van der Waals surface area contributed by atoms with E-state index >= 15 is 0 Å². The Kier molecular flexibility index (Phi) is 6.29. The van der Waals surface area contributed by atoms with Crippen LogP contribution in [0.2, 0.25) is 5.02 Å². The first-order chi connectivity index (χ1) is 15.6. The molecule has 1 spiro atoms. The first-order valence-electron chi connectivity index (χ1n) is 10.8. The Labute approximate surface area is 202 Å². The van der Waals surface area contributed by atoms with Crippen molar-refractivity contribution in [3.63, 3.8) is 0 Å². The van der Waals surface area contributed by atoms with Crippen LogP contribution in [0.4, 0.5) is 0 Å². The Hall–Kier alpha value is -2.41. The minimum absolute atomic E-state index is 0.0345. The van der Waals surface area contributed by atoms with E-state index in [-0.39, 0.29) is 24.0 Å². The Morgan fingerprint density at radius 1 is 1.27 bits per heavy atom. The molecule has 3 N–H and O–H groups in total. The van der Waals surface area contributed by atoms with Crippen LogP contribution in [-0.2, 0) is 21.9 Å². The summed E-state index contributed by atoms with van der Waals surface area (Å²) >= 11 is 7.62. The number of hydrogen-bond donors (Lipinski definition) is 3. The van der Waals surface area contributed by atoms with Crippen molar-refractivity contribution in [1.29, 1.82) is 10.7 Å². The van der Waals surface area contributed by atoms with E-state index in [1.165, 1.54) is 0 Å². The number of amides is 1. The third-order valence-corrected chi connectivity index (χ3v) is 11.1. The number of carbonyl (C=O) groups is 1. The van der Waals surface area contributed by atoms with E-state index in [1.807, 2.05) is 0 Å². The maximum absolute atomic E-state index is 13.4. The van der Waals surface area contributed by atoms with Gasteiger partial charge in [-0.25, -0.2) is 8.42 Å². The number of halogens is 1. The molecule has 1 atom stereocenters. The second kappa shape index (κ2) is 8.75. The standard InChI is InChI=1S/C23H25ClN4O3S2/c1-22(14-33(30,31)23(21(26)28-22)9-3-2-4-10-23)19-17(24)11-18(32-19)20(29)27-13-16-7-5-15(12-25)6-8-16/h5-8,11H,2-4,9-10,13-14H2,1H3,(H2,26,28)(H,27,29)/t22-/m0/s1. The number of nitrogens with zero attached hydrogens (tertiary/aromatic N) is 1. The van der Waals surface area contributed by atoms with Crippen LogP contribution in [-0.4, -0.2) is 30.7 Å². The van der Waals surface area contributed by atoms with Gasteiger partial charge in [-0.15, -0.1) is 11.3 Å². The molecule has 1 aromatic carbocycles. The molecule has 4 rings (SSSR count). The molecule has 174 valence electrons. The summed E-state index contributed by atoms with van der Waals surface area (Å²) in [7, 11) is -3.59. The Morgan fingerprint density at radius 3 is 2.55 bits per heavy atom. The molecule has 0 radical (unpaired) electrons. The largest absolute Gasteiger partial charge is 0.362 e. The van der Waals surface area contributed by atoms with Crippen LogP contribution in [0.25, 0.3) is 0 Å². The first kappa shape index (κ1) is 23.7. The predicted molar refractivity (Wildman–Crippen MR) is 129 cm³/mol. The Balaban J connectivity index is 1.53. The fourth-order valence-electron chi connectivity index (χ4n) is 4.73. The van der Waals surface area contributed by atoms with Crippen LogP contribution in [0.1, 0.15) is 64.7 Å². The zero-order chi connectivity index (χ0) is 23.9. The minimum atomic E-state index is -3.59. The molecular weight excluding hydrogens is 480 g/mol. The second-order valence-electron chi connectivity index (χ2n) is 8.93. The summed E-state index contributed by atoms with van der Waals surface area (Å²) in [5, 5.41) is 23.8. The van der Waals surface area contributed by atoms with Crippen LogP contribution >= 0.6 is 22.9 Å². The fourth-order valence-corrected chi connectivity index (χ4v) is 8.91. The highest BCUT2D eigenvalue weighted by molar-refractivity contribution is 7.93. The molecule has 1 saturated heterocycles. The molecule has 33 heavy (non-hydrogen) atoms. The zero-order valence-electron chi connectivity index (χ0n) is 18.2. The van der Waals surface area contributed by atoms with Gasteiger partial charge in [-0.1, -0.05) is 43.0 Å². The topological polar surface area (TPSA) is 123 Å².